The monoisotopic (exact) mass is 228 g/mol. The van der Waals surface area contributed by atoms with Gasteiger partial charge < -0.3 is 10.6 Å². The van der Waals surface area contributed by atoms with E-state index in [1.807, 2.05) is 0 Å². The van der Waals surface area contributed by atoms with Gasteiger partial charge in [-0.2, -0.15) is 0 Å². The summed E-state index contributed by atoms with van der Waals surface area (Å²) in [5.74, 6) is 0.848. The molecule has 0 aliphatic heterocycles. The molecule has 2 N–H and O–H groups in total. The Kier molecular flexibility index (Phi) is 10.0. The van der Waals surface area contributed by atoms with Crippen LogP contribution in [-0.2, 0) is 0 Å². The molecule has 0 spiro atoms. The van der Waals surface area contributed by atoms with Gasteiger partial charge in [0.05, 0.1) is 0 Å². The molecule has 0 fully saturated rings. The molecule has 98 valence electrons. The van der Waals surface area contributed by atoms with E-state index in [9.17, 15) is 0 Å². The zero-order valence-electron chi connectivity index (χ0n) is 11.8. The van der Waals surface area contributed by atoms with Gasteiger partial charge in [-0.3, -0.25) is 0 Å². The molecule has 0 bridgehead atoms. The Morgan fingerprint density at radius 2 is 1.75 bits per heavy atom. The Hall–Kier alpha value is -0.0800. The van der Waals surface area contributed by atoms with Crippen molar-refractivity contribution in [3.63, 3.8) is 0 Å². The molecule has 0 aromatic rings. The zero-order chi connectivity index (χ0) is 12.4. The summed E-state index contributed by atoms with van der Waals surface area (Å²) in [6, 6.07) is 0.689. The van der Waals surface area contributed by atoms with E-state index in [2.05, 4.69) is 32.6 Å². The van der Waals surface area contributed by atoms with Gasteiger partial charge in [-0.25, -0.2) is 0 Å². The van der Waals surface area contributed by atoms with Crippen molar-refractivity contribution in [2.24, 2.45) is 11.7 Å². The number of hydrogen-bond acceptors (Lipinski definition) is 2. The number of hydrogen-bond donors (Lipinski definition) is 1. The van der Waals surface area contributed by atoms with Crippen molar-refractivity contribution in [2.75, 3.05) is 19.6 Å². The SMILES string of the molecule is CCCN(CCCC(CC)CCN)C(C)C. The van der Waals surface area contributed by atoms with Gasteiger partial charge in [0.15, 0.2) is 0 Å². The molecule has 0 aliphatic carbocycles. The first-order chi connectivity index (χ1) is 7.65. The van der Waals surface area contributed by atoms with Gasteiger partial charge in [0.2, 0.25) is 0 Å². The first kappa shape index (κ1) is 15.9. The van der Waals surface area contributed by atoms with Crippen LogP contribution < -0.4 is 5.73 Å². The molecule has 0 saturated heterocycles. The molecule has 2 nitrogen and oxygen atoms in total. The molecule has 0 saturated carbocycles. The minimum absolute atomic E-state index is 0.689. The van der Waals surface area contributed by atoms with Crippen LogP contribution in [0.25, 0.3) is 0 Å². The van der Waals surface area contributed by atoms with Crippen LogP contribution in [0.15, 0.2) is 0 Å². The highest BCUT2D eigenvalue weighted by Gasteiger charge is 2.10. The lowest BCUT2D eigenvalue weighted by atomic mass is 9.96. The third kappa shape index (κ3) is 7.24. The molecule has 2 heteroatoms. The van der Waals surface area contributed by atoms with E-state index >= 15 is 0 Å². The van der Waals surface area contributed by atoms with E-state index in [1.165, 1.54) is 45.2 Å². The van der Waals surface area contributed by atoms with E-state index in [4.69, 9.17) is 5.73 Å². The Morgan fingerprint density at radius 3 is 2.19 bits per heavy atom. The molecule has 0 heterocycles. The van der Waals surface area contributed by atoms with Crippen molar-refractivity contribution in [1.82, 2.24) is 4.90 Å². The lowest BCUT2D eigenvalue weighted by molar-refractivity contribution is 0.211. The van der Waals surface area contributed by atoms with E-state index in [1.54, 1.807) is 0 Å². The number of rotatable bonds is 10. The first-order valence-corrected chi connectivity index (χ1v) is 7.09. The Balaban J connectivity index is 3.74. The largest absolute Gasteiger partial charge is 0.330 e. The second kappa shape index (κ2) is 10.1. The molecular weight excluding hydrogens is 196 g/mol. The zero-order valence-corrected chi connectivity index (χ0v) is 11.8. The van der Waals surface area contributed by atoms with Crippen molar-refractivity contribution < 1.29 is 0 Å². The molecule has 0 aliphatic rings. The summed E-state index contributed by atoms with van der Waals surface area (Å²) in [7, 11) is 0. The van der Waals surface area contributed by atoms with Crippen molar-refractivity contribution in [3.05, 3.63) is 0 Å². The Morgan fingerprint density at radius 1 is 1.06 bits per heavy atom. The summed E-state index contributed by atoms with van der Waals surface area (Å²) < 4.78 is 0. The van der Waals surface area contributed by atoms with Gasteiger partial charge in [-0.15, -0.1) is 0 Å². The van der Waals surface area contributed by atoms with E-state index in [0.29, 0.717) is 6.04 Å². The molecule has 1 atom stereocenters. The summed E-state index contributed by atoms with van der Waals surface area (Å²) in [5, 5.41) is 0. The smallest absolute Gasteiger partial charge is 0.00385 e. The van der Waals surface area contributed by atoms with Gasteiger partial charge in [0, 0.05) is 6.04 Å². The van der Waals surface area contributed by atoms with Crippen LogP contribution >= 0.6 is 0 Å². The Labute approximate surface area is 103 Å². The summed E-state index contributed by atoms with van der Waals surface area (Å²) >= 11 is 0. The van der Waals surface area contributed by atoms with E-state index in [-0.39, 0.29) is 0 Å². The highest BCUT2D eigenvalue weighted by atomic mass is 15.1. The fraction of sp³-hybridized carbons (Fsp3) is 1.00. The second-order valence-electron chi connectivity index (χ2n) is 5.12. The molecular formula is C14H32N2. The predicted molar refractivity (Wildman–Crippen MR) is 73.7 cm³/mol. The van der Waals surface area contributed by atoms with Gasteiger partial charge in [0.25, 0.3) is 0 Å². The van der Waals surface area contributed by atoms with Gasteiger partial charge in [-0.1, -0.05) is 20.3 Å². The van der Waals surface area contributed by atoms with Crippen LogP contribution in [0.2, 0.25) is 0 Å². The molecule has 0 amide bonds. The lowest BCUT2D eigenvalue weighted by Crippen LogP contribution is -2.32. The van der Waals surface area contributed by atoms with Crippen molar-refractivity contribution in [1.29, 1.82) is 0 Å². The topological polar surface area (TPSA) is 29.3 Å². The third-order valence-electron chi connectivity index (χ3n) is 3.45. The van der Waals surface area contributed by atoms with Gasteiger partial charge >= 0.3 is 0 Å². The summed E-state index contributed by atoms with van der Waals surface area (Å²) in [6.07, 6.45) is 6.42. The highest BCUT2D eigenvalue weighted by Crippen LogP contribution is 2.15. The van der Waals surface area contributed by atoms with Crippen LogP contribution in [0, 0.1) is 5.92 Å². The Bertz CT molecular complexity index is 146. The molecule has 1 unspecified atom stereocenters. The molecule has 0 rings (SSSR count). The normalized spacial score (nSPS) is 13.7. The van der Waals surface area contributed by atoms with Crippen LogP contribution in [0.1, 0.15) is 59.8 Å². The highest BCUT2D eigenvalue weighted by molar-refractivity contribution is 4.65. The lowest BCUT2D eigenvalue weighted by Gasteiger charge is -2.26. The summed E-state index contributed by atoms with van der Waals surface area (Å²) in [4.78, 5) is 2.59. The fourth-order valence-corrected chi connectivity index (χ4v) is 2.29. The maximum absolute atomic E-state index is 5.62. The molecule has 0 radical (unpaired) electrons. The molecule has 0 aromatic heterocycles. The quantitative estimate of drug-likeness (QED) is 0.622. The minimum atomic E-state index is 0.689. The van der Waals surface area contributed by atoms with Crippen molar-refractivity contribution >= 4 is 0 Å². The standard InChI is InChI=1S/C14H32N2/c1-5-11-16(13(3)4)12-7-8-14(6-2)9-10-15/h13-14H,5-12,15H2,1-4H3. The fourth-order valence-electron chi connectivity index (χ4n) is 2.29. The van der Waals surface area contributed by atoms with Gasteiger partial charge in [-0.05, 0) is 65.1 Å². The van der Waals surface area contributed by atoms with Crippen molar-refractivity contribution in [3.8, 4) is 0 Å². The average Bonchev–Trinajstić information content (AvgIpc) is 2.26. The van der Waals surface area contributed by atoms with E-state index in [0.717, 1.165) is 12.5 Å². The first-order valence-electron chi connectivity index (χ1n) is 7.09. The number of nitrogens with two attached hydrogens (primary N) is 1. The summed E-state index contributed by atoms with van der Waals surface area (Å²) in [6.45, 7) is 12.5. The molecule has 16 heavy (non-hydrogen) atoms. The predicted octanol–water partition coefficient (Wildman–Crippen LogP) is 3.26. The number of nitrogens with zero attached hydrogens (tertiary/aromatic N) is 1. The third-order valence-corrected chi connectivity index (χ3v) is 3.45. The molecule has 0 aromatic carbocycles. The van der Waals surface area contributed by atoms with E-state index < -0.39 is 0 Å². The van der Waals surface area contributed by atoms with Gasteiger partial charge in [0.1, 0.15) is 0 Å². The maximum Gasteiger partial charge on any atom is 0.00385 e. The van der Waals surface area contributed by atoms with Crippen LogP contribution in [-0.4, -0.2) is 30.6 Å². The second-order valence-corrected chi connectivity index (χ2v) is 5.12. The van der Waals surface area contributed by atoms with Crippen LogP contribution in [0.4, 0.5) is 0 Å². The van der Waals surface area contributed by atoms with Crippen molar-refractivity contribution in [2.45, 2.75) is 65.8 Å². The van der Waals surface area contributed by atoms with Crippen LogP contribution in [0.3, 0.4) is 0 Å². The average molecular weight is 228 g/mol. The minimum Gasteiger partial charge on any atom is -0.330 e. The summed E-state index contributed by atoms with van der Waals surface area (Å²) in [5.41, 5.74) is 5.62. The maximum atomic E-state index is 5.62. The van der Waals surface area contributed by atoms with Crippen LogP contribution in [0.5, 0.6) is 0 Å².